The van der Waals surface area contributed by atoms with Crippen LogP contribution in [0.2, 0.25) is 0 Å². The fourth-order valence-electron chi connectivity index (χ4n) is 2.01. The van der Waals surface area contributed by atoms with Gasteiger partial charge in [0.15, 0.2) is 5.78 Å². The number of hydrogen-bond acceptors (Lipinski definition) is 3. The predicted molar refractivity (Wildman–Crippen MR) is 84.4 cm³/mol. The Kier molecular flexibility index (Phi) is 4.25. The highest BCUT2D eigenvalue weighted by molar-refractivity contribution is 9.11. The minimum absolute atomic E-state index is 0.0295. The van der Waals surface area contributed by atoms with Crippen LogP contribution in [0, 0.1) is 0 Å². The van der Waals surface area contributed by atoms with Crippen LogP contribution >= 0.6 is 31.9 Å². The number of carbonyl (C=O) groups is 2. The van der Waals surface area contributed by atoms with Gasteiger partial charge in [0.05, 0.1) is 5.69 Å². The quantitative estimate of drug-likeness (QED) is 0.637. The molecule has 0 unspecified atom stereocenters. The lowest BCUT2D eigenvalue weighted by Crippen LogP contribution is -2.41. The van der Waals surface area contributed by atoms with Gasteiger partial charge in [-0.15, -0.1) is 0 Å². The molecule has 0 saturated heterocycles. The van der Waals surface area contributed by atoms with E-state index in [4.69, 9.17) is 4.74 Å². The number of halogens is 2. The molecule has 2 rings (SSSR count). The molecule has 1 heterocycles. The number of ketones is 1. The third kappa shape index (κ3) is 3.23. The molecular weight excluding hydrogens is 390 g/mol. The van der Waals surface area contributed by atoms with Crippen LogP contribution in [-0.4, -0.2) is 24.0 Å². The summed E-state index contributed by atoms with van der Waals surface area (Å²) in [5.41, 5.74) is 0.544. The standard InChI is InChI=1S/C14H15Br2NO3/c1-14(2,3)20-13(19)17-5-4-11(18)9-6-8(15)7-10(16)12(9)17/h6-7H,4-5H2,1-3H3. The van der Waals surface area contributed by atoms with E-state index in [0.717, 1.165) is 4.47 Å². The van der Waals surface area contributed by atoms with Gasteiger partial charge in [-0.2, -0.15) is 0 Å². The molecule has 1 aromatic rings. The summed E-state index contributed by atoms with van der Waals surface area (Å²) < 4.78 is 6.89. The summed E-state index contributed by atoms with van der Waals surface area (Å²) in [4.78, 5) is 25.8. The number of benzene rings is 1. The summed E-state index contributed by atoms with van der Waals surface area (Å²) in [5, 5.41) is 0. The van der Waals surface area contributed by atoms with E-state index in [2.05, 4.69) is 31.9 Å². The van der Waals surface area contributed by atoms with E-state index in [-0.39, 0.29) is 5.78 Å². The van der Waals surface area contributed by atoms with E-state index >= 15 is 0 Å². The van der Waals surface area contributed by atoms with E-state index in [1.165, 1.54) is 4.90 Å². The van der Waals surface area contributed by atoms with E-state index in [0.29, 0.717) is 28.7 Å². The monoisotopic (exact) mass is 403 g/mol. The van der Waals surface area contributed by atoms with Gasteiger partial charge < -0.3 is 4.74 Å². The highest BCUT2D eigenvalue weighted by Crippen LogP contribution is 2.37. The Morgan fingerprint density at radius 1 is 1.30 bits per heavy atom. The Morgan fingerprint density at radius 2 is 1.95 bits per heavy atom. The average Bonchev–Trinajstić information content (AvgIpc) is 2.27. The van der Waals surface area contributed by atoms with Crippen LogP contribution < -0.4 is 4.90 Å². The molecule has 4 nitrogen and oxygen atoms in total. The first-order valence-corrected chi connectivity index (χ1v) is 7.80. The molecule has 108 valence electrons. The first kappa shape index (κ1) is 15.5. The average molecular weight is 405 g/mol. The number of Topliss-reactive ketones (excluding diaryl/α,β-unsaturated/α-hetero) is 1. The van der Waals surface area contributed by atoms with Crippen molar-refractivity contribution in [3.05, 3.63) is 26.6 Å². The van der Waals surface area contributed by atoms with Crippen LogP contribution in [0.15, 0.2) is 21.1 Å². The number of anilines is 1. The molecule has 0 atom stereocenters. The van der Waals surface area contributed by atoms with E-state index < -0.39 is 11.7 Å². The molecule has 0 radical (unpaired) electrons. The highest BCUT2D eigenvalue weighted by atomic mass is 79.9. The number of fused-ring (bicyclic) bond motifs is 1. The second-order valence-corrected chi connectivity index (χ2v) is 7.36. The molecule has 1 amide bonds. The van der Waals surface area contributed by atoms with Crippen molar-refractivity contribution in [3.8, 4) is 0 Å². The molecule has 0 spiro atoms. The van der Waals surface area contributed by atoms with E-state index in [9.17, 15) is 9.59 Å². The number of ether oxygens (including phenoxy) is 1. The molecule has 1 aliphatic rings. The van der Waals surface area contributed by atoms with Crippen molar-refractivity contribution in [2.24, 2.45) is 0 Å². The van der Waals surface area contributed by atoms with Gasteiger partial charge in [0, 0.05) is 27.5 Å². The zero-order valence-electron chi connectivity index (χ0n) is 11.5. The van der Waals surface area contributed by atoms with Gasteiger partial charge in [-0.05, 0) is 48.8 Å². The zero-order chi connectivity index (χ0) is 15.1. The molecule has 0 N–H and O–H groups in total. The molecule has 1 aromatic carbocycles. The van der Waals surface area contributed by atoms with Gasteiger partial charge in [-0.1, -0.05) is 15.9 Å². The number of nitrogens with zero attached hydrogens (tertiary/aromatic N) is 1. The molecule has 0 saturated carbocycles. The van der Waals surface area contributed by atoms with Gasteiger partial charge in [0.2, 0.25) is 0 Å². The Balaban J connectivity index is 2.43. The summed E-state index contributed by atoms with van der Waals surface area (Å²) in [6.07, 6.45) is -0.135. The first-order chi connectivity index (χ1) is 9.19. The van der Waals surface area contributed by atoms with Crippen molar-refractivity contribution >= 4 is 49.4 Å². The van der Waals surface area contributed by atoms with Crippen LogP contribution in [0.4, 0.5) is 10.5 Å². The number of carbonyl (C=O) groups excluding carboxylic acids is 2. The minimum Gasteiger partial charge on any atom is -0.443 e. The molecule has 1 aliphatic heterocycles. The lowest BCUT2D eigenvalue weighted by atomic mass is 10.0. The van der Waals surface area contributed by atoms with E-state index in [1.807, 2.05) is 26.8 Å². The number of hydrogen-bond donors (Lipinski definition) is 0. The maximum absolute atomic E-state index is 12.3. The van der Waals surface area contributed by atoms with Gasteiger partial charge in [-0.25, -0.2) is 4.79 Å². The van der Waals surface area contributed by atoms with Crippen LogP contribution in [0.3, 0.4) is 0 Å². The summed E-state index contributed by atoms with van der Waals surface area (Å²) in [5.74, 6) is 0.0295. The third-order valence-electron chi connectivity index (χ3n) is 2.77. The maximum Gasteiger partial charge on any atom is 0.414 e. The number of amides is 1. The highest BCUT2D eigenvalue weighted by Gasteiger charge is 2.32. The van der Waals surface area contributed by atoms with E-state index in [1.54, 1.807) is 6.07 Å². The Labute approximate surface area is 134 Å². The van der Waals surface area contributed by atoms with Gasteiger partial charge in [0.1, 0.15) is 5.60 Å². The van der Waals surface area contributed by atoms with Crippen LogP contribution in [0.1, 0.15) is 37.6 Å². The van der Waals surface area contributed by atoms with Crippen molar-refractivity contribution < 1.29 is 14.3 Å². The van der Waals surface area contributed by atoms with Crippen molar-refractivity contribution in [3.63, 3.8) is 0 Å². The van der Waals surface area contributed by atoms with Crippen molar-refractivity contribution in [2.75, 3.05) is 11.4 Å². The van der Waals surface area contributed by atoms with Gasteiger partial charge in [-0.3, -0.25) is 9.69 Å². The molecule has 0 bridgehead atoms. The summed E-state index contributed by atoms with van der Waals surface area (Å²) in [6.45, 7) is 5.79. The van der Waals surface area contributed by atoms with Crippen LogP contribution in [0.5, 0.6) is 0 Å². The maximum atomic E-state index is 12.3. The third-order valence-corrected chi connectivity index (χ3v) is 3.84. The van der Waals surface area contributed by atoms with Crippen LogP contribution in [-0.2, 0) is 4.74 Å². The molecule has 20 heavy (non-hydrogen) atoms. The van der Waals surface area contributed by atoms with Gasteiger partial charge >= 0.3 is 6.09 Å². The number of rotatable bonds is 0. The summed E-state index contributed by atoms with van der Waals surface area (Å²) >= 11 is 6.77. The molecule has 0 aliphatic carbocycles. The summed E-state index contributed by atoms with van der Waals surface area (Å²) in [6, 6.07) is 3.55. The fourth-order valence-corrected chi connectivity index (χ4v) is 3.45. The molecular formula is C14H15Br2NO3. The Bertz CT molecular complexity index is 579. The lowest BCUT2D eigenvalue weighted by Gasteiger charge is -2.32. The fraction of sp³-hybridized carbons (Fsp3) is 0.429. The van der Waals surface area contributed by atoms with Crippen molar-refractivity contribution in [1.82, 2.24) is 0 Å². The molecule has 0 aromatic heterocycles. The second-order valence-electron chi connectivity index (χ2n) is 5.59. The second kappa shape index (κ2) is 5.48. The minimum atomic E-state index is -0.569. The summed E-state index contributed by atoms with van der Waals surface area (Å²) in [7, 11) is 0. The van der Waals surface area contributed by atoms with Crippen molar-refractivity contribution in [2.45, 2.75) is 32.8 Å². The SMILES string of the molecule is CC(C)(C)OC(=O)N1CCC(=O)c2cc(Br)cc(Br)c21. The molecule has 0 fully saturated rings. The molecule has 6 heteroatoms. The zero-order valence-corrected chi connectivity index (χ0v) is 14.7. The Hall–Kier alpha value is -0.880. The lowest BCUT2D eigenvalue weighted by molar-refractivity contribution is 0.0577. The first-order valence-electron chi connectivity index (χ1n) is 6.22. The normalized spacial score (nSPS) is 15.1. The van der Waals surface area contributed by atoms with Crippen LogP contribution in [0.25, 0.3) is 0 Å². The Morgan fingerprint density at radius 3 is 2.55 bits per heavy atom. The smallest absolute Gasteiger partial charge is 0.414 e. The topological polar surface area (TPSA) is 46.6 Å². The van der Waals surface area contributed by atoms with Crippen molar-refractivity contribution in [1.29, 1.82) is 0 Å². The largest absolute Gasteiger partial charge is 0.443 e. The predicted octanol–water partition coefficient (Wildman–Crippen LogP) is 4.54. The van der Waals surface area contributed by atoms with Gasteiger partial charge in [0.25, 0.3) is 0 Å².